The van der Waals surface area contributed by atoms with E-state index >= 15 is 0 Å². The molecule has 2 atom stereocenters. The lowest BCUT2D eigenvalue weighted by atomic mass is 9.93. The molecule has 2 amide bonds. The topological polar surface area (TPSA) is 60.9 Å². The van der Waals surface area contributed by atoms with Gasteiger partial charge in [-0.05, 0) is 31.6 Å². The number of hydrogen-bond donors (Lipinski definition) is 1. The first-order valence-electron chi connectivity index (χ1n) is 6.27. The zero-order valence-electron chi connectivity index (χ0n) is 10.4. The van der Waals surface area contributed by atoms with E-state index in [9.17, 15) is 14.7 Å². The van der Waals surface area contributed by atoms with E-state index in [4.69, 9.17) is 0 Å². The van der Waals surface area contributed by atoms with Crippen LogP contribution in [0.1, 0.15) is 32.6 Å². The van der Waals surface area contributed by atoms with Crippen molar-refractivity contribution in [3.05, 3.63) is 0 Å². The van der Waals surface area contributed by atoms with Crippen LogP contribution in [0, 0.1) is 5.92 Å². The first-order chi connectivity index (χ1) is 8.00. The number of likely N-dealkylation sites (tertiary alicyclic amines) is 1. The van der Waals surface area contributed by atoms with Gasteiger partial charge in [0.2, 0.25) is 0 Å². The Balaban J connectivity index is 2.06. The van der Waals surface area contributed by atoms with Crippen LogP contribution < -0.4 is 0 Å². The van der Waals surface area contributed by atoms with E-state index in [0.717, 1.165) is 19.3 Å². The number of carboxylic acids is 1. The van der Waals surface area contributed by atoms with Gasteiger partial charge in [0, 0.05) is 19.6 Å². The number of amides is 2. The zero-order chi connectivity index (χ0) is 12.6. The van der Waals surface area contributed by atoms with E-state index in [1.165, 1.54) is 4.90 Å². The maximum absolute atomic E-state index is 12.2. The summed E-state index contributed by atoms with van der Waals surface area (Å²) in [6.07, 6.45) is 3.56. The van der Waals surface area contributed by atoms with Crippen molar-refractivity contribution in [2.24, 2.45) is 5.92 Å². The van der Waals surface area contributed by atoms with Gasteiger partial charge in [0.25, 0.3) is 0 Å². The number of urea groups is 1. The minimum Gasteiger partial charge on any atom is -0.480 e. The fraction of sp³-hybridized carbons (Fsp3) is 0.833. The predicted octanol–water partition coefficient (Wildman–Crippen LogP) is 1.39. The first-order valence-corrected chi connectivity index (χ1v) is 6.27. The van der Waals surface area contributed by atoms with Gasteiger partial charge >= 0.3 is 12.0 Å². The Bertz CT molecular complexity index is 328. The van der Waals surface area contributed by atoms with Crippen molar-refractivity contribution in [1.82, 2.24) is 9.80 Å². The van der Waals surface area contributed by atoms with Gasteiger partial charge in [0.1, 0.15) is 6.04 Å². The summed E-state index contributed by atoms with van der Waals surface area (Å²) in [6.45, 7) is 2.61. The van der Waals surface area contributed by atoms with E-state index in [0.29, 0.717) is 24.9 Å². The van der Waals surface area contributed by atoms with Crippen molar-refractivity contribution in [1.29, 1.82) is 0 Å². The van der Waals surface area contributed by atoms with Gasteiger partial charge < -0.3 is 14.9 Å². The average molecular weight is 240 g/mol. The molecule has 2 aliphatic rings. The smallest absolute Gasteiger partial charge is 0.326 e. The van der Waals surface area contributed by atoms with Crippen LogP contribution in [-0.2, 0) is 4.79 Å². The molecule has 0 aromatic heterocycles. The Labute approximate surface area is 101 Å². The number of carbonyl (C=O) groups is 2. The SMILES string of the molecule is CC1CCN(C(=O)N(C)C2CC2)C(C(=O)O)C1. The lowest BCUT2D eigenvalue weighted by molar-refractivity contribution is -0.144. The van der Waals surface area contributed by atoms with E-state index in [2.05, 4.69) is 0 Å². The number of piperidine rings is 1. The molecule has 2 rings (SSSR count). The van der Waals surface area contributed by atoms with Gasteiger partial charge in [-0.1, -0.05) is 6.92 Å². The number of nitrogens with zero attached hydrogens (tertiary/aromatic N) is 2. The minimum atomic E-state index is -0.880. The van der Waals surface area contributed by atoms with Gasteiger partial charge in [-0.15, -0.1) is 0 Å². The molecule has 0 aromatic rings. The van der Waals surface area contributed by atoms with Crippen molar-refractivity contribution in [2.45, 2.75) is 44.7 Å². The van der Waals surface area contributed by atoms with Crippen molar-refractivity contribution in [2.75, 3.05) is 13.6 Å². The van der Waals surface area contributed by atoms with Gasteiger partial charge in [0.15, 0.2) is 0 Å². The summed E-state index contributed by atoms with van der Waals surface area (Å²) in [6, 6.07) is -0.435. The molecule has 0 aromatic carbocycles. The molecule has 0 spiro atoms. The van der Waals surface area contributed by atoms with Crippen LogP contribution >= 0.6 is 0 Å². The number of rotatable bonds is 2. The average Bonchev–Trinajstić information content (AvgIpc) is 3.10. The van der Waals surface area contributed by atoms with Crippen LogP contribution in [0.2, 0.25) is 0 Å². The zero-order valence-corrected chi connectivity index (χ0v) is 10.4. The summed E-state index contributed by atoms with van der Waals surface area (Å²) in [5, 5.41) is 9.20. The van der Waals surface area contributed by atoms with Crippen molar-refractivity contribution in [3.63, 3.8) is 0 Å². The second kappa shape index (κ2) is 4.55. The number of carboxylic acid groups (broad SMARTS) is 1. The second-order valence-electron chi connectivity index (χ2n) is 5.30. The number of carbonyl (C=O) groups excluding carboxylic acids is 1. The second-order valence-corrected chi connectivity index (χ2v) is 5.30. The van der Waals surface area contributed by atoms with Crippen LogP contribution in [0.3, 0.4) is 0 Å². The molecule has 1 aliphatic carbocycles. The Morgan fingerprint density at radius 3 is 2.47 bits per heavy atom. The van der Waals surface area contributed by atoms with Gasteiger partial charge in [0.05, 0.1) is 0 Å². The highest BCUT2D eigenvalue weighted by molar-refractivity contribution is 5.83. The summed E-state index contributed by atoms with van der Waals surface area (Å²) in [5.41, 5.74) is 0. The Kier molecular flexibility index (Phi) is 3.26. The molecule has 2 unspecified atom stereocenters. The van der Waals surface area contributed by atoms with Crippen LogP contribution in [0.5, 0.6) is 0 Å². The van der Waals surface area contributed by atoms with Gasteiger partial charge in [-0.25, -0.2) is 9.59 Å². The van der Waals surface area contributed by atoms with Crippen LogP contribution in [0.25, 0.3) is 0 Å². The summed E-state index contributed by atoms with van der Waals surface area (Å²) >= 11 is 0. The molecule has 1 saturated carbocycles. The molecule has 0 radical (unpaired) electrons. The third-order valence-corrected chi connectivity index (χ3v) is 3.79. The predicted molar refractivity (Wildman–Crippen MR) is 62.7 cm³/mol. The Morgan fingerprint density at radius 1 is 1.29 bits per heavy atom. The molecule has 5 heteroatoms. The highest BCUT2D eigenvalue weighted by Crippen LogP contribution is 2.29. The molecule has 1 aliphatic heterocycles. The molecule has 2 fully saturated rings. The van der Waals surface area contributed by atoms with Crippen LogP contribution in [0.15, 0.2) is 0 Å². The molecule has 1 N–H and O–H groups in total. The van der Waals surface area contributed by atoms with Crippen LogP contribution in [0.4, 0.5) is 4.79 Å². The number of aliphatic carboxylic acids is 1. The third-order valence-electron chi connectivity index (χ3n) is 3.79. The summed E-state index contributed by atoms with van der Waals surface area (Å²) in [7, 11) is 1.77. The lowest BCUT2D eigenvalue weighted by Gasteiger charge is -2.38. The molecule has 0 bridgehead atoms. The normalized spacial score (nSPS) is 28.9. The standard InChI is InChI=1S/C12H20N2O3/c1-8-5-6-14(10(7-8)11(15)16)12(17)13(2)9-3-4-9/h8-10H,3-7H2,1-2H3,(H,15,16). The molecule has 17 heavy (non-hydrogen) atoms. The van der Waals surface area contributed by atoms with Crippen LogP contribution in [-0.4, -0.2) is 52.6 Å². The molecular weight excluding hydrogens is 220 g/mol. The Morgan fingerprint density at radius 2 is 1.94 bits per heavy atom. The molecular formula is C12H20N2O3. The minimum absolute atomic E-state index is 0.119. The van der Waals surface area contributed by atoms with Crippen molar-refractivity contribution in [3.8, 4) is 0 Å². The first kappa shape index (κ1) is 12.2. The fourth-order valence-corrected chi connectivity index (χ4v) is 2.43. The lowest BCUT2D eigenvalue weighted by Crippen LogP contribution is -2.54. The fourth-order valence-electron chi connectivity index (χ4n) is 2.43. The van der Waals surface area contributed by atoms with E-state index < -0.39 is 12.0 Å². The summed E-state index contributed by atoms with van der Waals surface area (Å²) < 4.78 is 0. The molecule has 1 saturated heterocycles. The van der Waals surface area contributed by atoms with Gasteiger partial charge in [-0.3, -0.25) is 0 Å². The highest BCUT2D eigenvalue weighted by Gasteiger charge is 2.39. The Hall–Kier alpha value is -1.26. The largest absolute Gasteiger partial charge is 0.480 e. The van der Waals surface area contributed by atoms with Crippen molar-refractivity contribution < 1.29 is 14.7 Å². The highest BCUT2D eigenvalue weighted by atomic mass is 16.4. The molecule has 5 nitrogen and oxygen atoms in total. The monoisotopic (exact) mass is 240 g/mol. The number of hydrogen-bond acceptors (Lipinski definition) is 2. The van der Waals surface area contributed by atoms with E-state index in [-0.39, 0.29) is 6.03 Å². The van der Waals surface area contributed by atoms with Gasteiger partial charge in [-0.2, -0.15) is 0 Å². The van der Waals surface area contributed by atoms with E-state index in [1.807, 2.05) is 6.92 Å². The quantitative estimate of drug-likeness (QED) is 0.793. The van der Waals surface area contributed by atoms with Crippen molar-refractivity contribution >= 4 is 12.0 Å². The molecule has 1 heterocycles. The summed E-state index contributed by atoms with van der Waals surface area (Å²) in [5.74, 6) is -0.500. The third kappa shape index (κ3) is 2.53. The molecule has 96 valence electrons. The maximum Gasteiger partial charge on any atom is 0.326 e. The maximum atomic E-state index is 12.2. The summed E-state index contributed by atoms with van der Waals surface area (Å²) in [4.78, 5) is 26.6. The van der Waals surface area contributed by atoms with E-state index in [1.54, 1.807) is 11.9 Å².